The summed E-state index contributed by atoms with van der Waals surface area (Å²) in [4.78, 5) is 25.4. The van der Waals surface area contributed by atoms with Gasteiger partial charge in [0.2, 0.25) is 5.91 Å². The molecule has 7 nitrogen and oxygen atoms in total. The van der Waals surface area contributed by atoms with Gasteiger partial charge in [0.05, 0.1) is 19.3 Å². The van der Waals surface area contributed by atoms with Crippen LogP contribution in [0.5, 0.6) is 0 Å². The Morgan fingerprint density at radius 2 is 1.90 bits per heavy atom. The molecule has 0 bridgehead atoms. The molecule has 30 heavy (non-hydrogen) atoms. The van der Waals surface area contributed by atoms with Gasteiger partial charge in [-0.1, -0.05) is 36.4 Å². The Hall–Kier alpha value is -3.52. The number of nitrogens with one attached hydrogen (secondary N) is 1. The van der Waals surface area contributed by atoms with Crippen molar-refractivity contribution in [2.24, 2.45) is 0 Å². The summed E-state index contributed by atoms with van der Waals surface area (Å²) < 4.78 is 22.1. The van der Waals surface area contributed by atoms with Gasteiger partial charge in [-0.05, 0) is 12.1 Å². The molecule has 1 amide bonds. The van der Waals surface area contributed by atoms with Gasteiger partial charge in [0.1, 0.15) is 17.9 Å². The molecule has 154 valence electrons. The van der Waals surface area contributed by atoms with Gasteiger partial charge in [-0.2, -0.15) is 5.10 Å². The summed E-state index contributed by atoms with van der Waals surface area (Å²) >= 11 is 0. The van der Waals surface area contributed by atoms with E-state index in [1.165, 1.54) is 6.07 Å². The normalized spacial score (nSPS) is 11.3. The quantitative estimate of drug-likeness (QED) is 0.476. The second-order valence-corrected chi connectivity index (χ2v) is 6.91. The number of nitrogens with zero attached hydrogens (tertiary/aromatic N) is 3. The summed E-state index contributed by atoms with van der Waals surface area (Å²) in [5.41, 5.74) is 1.26. The lowest BCUT2D eigenvalue weighted by Crippen LogP contribution is -2.35. The Labute approximate surface area is 171 Å². The third-order valence-corrected chi connectivity index (χ3v) is 4.98. The van der Waals surface area contributed by atoms with Gasteiger partial charge >= 0.3 is 0 Å². The molecular weight excluding hydrogens is 387 g/mol. The third kappa shape index (κ3) is 3.69. The van der Waals surface area contributed by atoms with Crippen molar-refractivity contribution in [2.45, 2.75) is 13.1 Å². The van der Waals surface area contributed by atoms with Crippen molar-refractivity contribution >= 4 is 27.7 Å². The van der Waals surface area contributed by atoms with Crippen molar-refractivity contribution in [3.05, 3.63) is 76.5 Å². The summed E-state index contributed by atoms with van der Waals surface area (Å²) in [7, 11) is 1.54. The number of amides is 1. The van der Waals surface area contributed by atoms with Crippen LogP contribution in [0.25, 0.3) is 21.8 Å². The Balaban J connectivity index is 1.81. The molecule has 4 aromatic rings. The average molecular weight is 408 g/mol. The molecule has 0 radical (unpaired) electrons. The maximum absolute atomic E-state index is 14.3. The number of carbonyl (C=O) groups excluding carboxylic acids is 1. The molecule has 2 aromatic heterocycles. The molecule has 4 rings (SSSR count). The zero-order chi connectivity index (χ0) is 21.1. The number of benzene rings is 2. The number of carbonyl (C=O) groups is 1. The zero-order valence-corrected chi connectivity index (χ0v) is 16.5. The predicted octanol–water partition coefficient (Wildman–Crippen LogP) is 2.30. The second-order valence-electron chi connectivity index (χ2n) is 6.91. The van der Waals surface area contributed by atoms with Gasteiger partial charge in [0.25, 0.3) is 5.56 Å². The van der Waals surface area contributed by atoms with Crippen LogP contribution in [-0.4, -0.2) is 40.5 Å². The van der Waals surface area contributed by atoms with Crippen molar-refractivity contribution in [3.8, 4) is 0 Å². The molecule has 1 N–H and O–H groups in total. The van der Waals surface area contributed by atoms with Crippen LogP contribution < -0.4 is 10.9 Å². The lowest BCUT2D eigenvalue weighted by atomic mass is 10.2. The first-order valence-corrected chi connectivity index (χ1v) is 9.56. The van der Waals surface area contributed by atoms with Crippen LogP contribution in [0.1, 0.15) is 5.56 Å². The van der Waals surface area contributed by atoms with E-state index in [4.69, 9.17) is 4.74 Å². The number of aromatic nitrogens is 3. The lowest BCUT2D eigenvalue weighted by Gasteiger charge is -2.10. The topological polar surface area (TPSA) is 78.2 Å². The molecule has 0 atom stereocenters. The van der Waals surface area contributed by atoms with Gasteiger partial charge in [0, 0.05) is 35.5 Å². The van der Waals surface area contributed by atoms with Gasteiger partial charge in [-0.3, -0.25) is 9.59 Å². The van der Waals surface area contributed by atoms with E-state index in [-0.39, 0.29) is 24.8 Å². The van der Waals surface area contributed by atoms with Gasteiger partial charge < -0.3 is 14.6 Å². The summed E-state index contributed by atoms with van der Waals surface area (Å²) in [5.74, 6) is -0.673. The van der Waals surface area contributed by atoms with Crippen LogP contribution in [0.2, 0.25) is 0 Å². The minimum absolute atomic E-state index is 0.190. The number of fused-ring (bicyclic) bond motifs is 3. The average Bonchev–Trinajstić information content (AvgIpc) is 3.06. The van der Waals surface area contributed by atoms with Crippen LogP contribution in [0.15, 0.2) is 59.5 Å². The van der Waals surface area contributed by atoms with E-state index in [1.54, 1.807) is 36.1 Å². The Bertz CT molecular complexity index is 1280. The largest absolute Gasteiger partial charge is 0.383 e. The Kier molecular flexibility index (Phi) is 5.58. The SMILES string of the molecule is COCCNC(=O)Cn1ncc2c3ccccc3n(Cc3ccccc3F)c2c1=O. The minimum atomic E-state index is -0.401. The van der Waals surface area contributed by atoms with E-state index in [1.807, 2.05) is 24.3 Å². The molecule has 0 unspecified atom stereocenters. The number of para-hydroxylation sites is 1. The van der Waals surface area contributed by atoms with E-state index in [2.05, 4.69) is 10.4 Å². The first-order chi connectivity index (χ1) is 14.6. The van der Waals surface area contributed by atoms with Gasteiger partial charge in [-0.25, -0.2) is 9.07 Å². The molecule has 0 saturated heterocycles. The number of halogens is 1. The molecule has 0 saturated carbocycles. The maximum atomic E-state index is 14.3. The van der Waals surface area contributed by atoms with Crippen molar-refractivity contribution in [2.75, 3.05) is 20.3 Å². The van der Waals surface area contributed by atoms with E-state index < -0.39 is 5.56 Å². The summed E-state index contributed by atoms with van der Waals surface area (Å²) in [5, 5.41) is 8.38. The first-order valence-electron chi connectivity index (χ1n) is 9.56. The van der Waals surface area contributed by atoms with Crippen LogP contribution in [-0.2, 0) is 22.6 Å². The monoisotopic (exact) mass is 408 g/mol. The molecule has 8 heteroatoms. The standard InChI is InChI=1S/C22H21FN4O3/c1-30-11-10-24-20(28)14-27-22(29)21-17(12-25-27)16-7-3-5-9-19(16)26(21)13-15-6-2-4-8-18(15)23/h2-9,12H,10-11,13-14H2,1H3,(H,24,28). The maximum Gasteiger partial charge on any atom is 0.291 e. The fourth-order valence-electron chi connectivity index (χ4n) is 3.55. The molecule has 0 aliphatic rings. The Morgan fingerprint density at radius 1 is 1.13 bits per heavy atom. The number of methoxy groups -OCH3 is 1. The number of hydrogen-bond donors (Lipinski definition) is 1. The summed E-state index contributed by atoms with van der Waals surface area (Å²) in [6, 6.07) is 14.0. The molecular formula is C22H21FN4O3. The van der Waals surface area contributed by atoms with Crippen LogP contribution in [0, 0.1) is 5.82 Å². The van der Waals surface area contributed by atoms with Crippen LogP contribution in [0.4, 0.5) is 4.39 Å². The molecule has 0 fully saturated rings. The number of hydrogen-bond acceptors (Lipinski definition) is 4. The second kappa shape index (κ2) is 8.46. The van der Waals surface area contributed by atoms with Crippen molar-refractivity contribution < 1.29 is 13.9 Å². The van der Waals surface area contributed by atoms with Crippen molar-refractivity contribution in [1.82, 2.24) is 19.7 Å². The smallest absolute Gasteiger partial charge is 0.291 e. The van der Waals surface area contributed by atoms with Crippen LogP contribution in [0.3, 0.4) is 0 Å². The highest BCUT2D eigenvalue weighted by molar-refractivity contribution is 6.07. The van der Waals surface area contributed by atoms with E-state index in [0.29, 0.717) is 29.6 Å². The highest BCUT2D eigenvalue weighted by Gasteiger charge is 2.18. The van der Waals surface area contributed by atoms with Crippen molar-refractivity contribution in [3.63, 3.8) is 0 Å². The summed E-state index contributed by atoms with van der Waals surface area (Å²) in [6.45, 7) is 0.708. The molecule has 0 aliphatic carbocycles. The van der Waals surface area contributed by atoms with Gasteiger partial charge in [-0.15, -0.1) is 0 Å². The number of ether oxygens (including phenoxy) is 1. The predicted molar refractivity (Wildman–Crippen MR) is 112 cm³/mol. The van der Waals surface area contributed by atoms with E-state index in [0.717, 1.165) is 15.6 Å². The number of rotatable bonds is 7. The minimum Gasteiger partial charge on any atom is -0.383 e. The zero-order valence-electron chi connectivity index (χ0n) is 16.5. The molecule has 2 heterocycles. The molecule has 2 aromatic carbocycles. The van der Waals surface area contributed by atoms with Crippen LogP contribution >= 0.6 is 0 Å². The van der Waals surface area contributed by atoms with Gasteiger partial charge in [0.15, 0.2) is 0 Å². The lowest BCUT2D eigenvalue weighted by molar-refractivity contribution is -0.122. The van der Waals surface area contributed by atoms with E-state index >= 15 is 0 Å². The fraction of sp³-hybridized carbons (Fsp3) is 0.227. The summed E-state index contributed by atoms with van der Waals surface area (Å²) in [6.07, 6.45) is 1.58. The highest BCUT2D eigenvalue weighted by atomic mass is 19.1. The Morgan fingerprint density at radius 3 is 2.70 bits per heavy atom. The van der Waals surface area contributed by atoms with E-state index in [9.17, 15) is 14.0 Å². The van der Waals surface area contributed by atoms with Crippen molar-refractivity contribution in [1.29, 1.82) is 0 Å². The first kappa shape index (κ1) is 19.8. The molecule has 0 aliphatic heterocycles. The fourth-order valence-corrected chi connectivity index (χ4v) is 3.55. The third-order valence-electron chi connectivity index (χ3n) is 4.98. The molecule has 0 spiro atoms. The highest BCUT2D eigenvalue weighted by Crippen LogP contribution is 2.27.